The summed E-state index contributed by atoms with van der Waals surface area (Å²) in [6.45, 7) is 6.84. The lowest BCUT2D eigenvalue weighted by Crippen LogP contribution is -2.37. The normalized spacial score (nSPS) is 29.5. The Morgan fingerprint density at radius 3 is 2.50 bits per heavy atom. The second kappa shape index (κ2) is 3.93. The maximum atomic E-state index is 12.0. The standard InChI is InChI=1S/C14H18O2/c1-10(2)12-9-16-13(15)14(12,3)11-7-5-4-6-8-11/h4-8,10,12H,9H2,1-3H3. The first-order chi connectivity index (χ1) is 7.56. The Kier molecular flexibility index (Phi) is 2.75. The van der Waals surface area contributed by atoms with Gasteiger partial charge in [-0.25, -0.2) is 0 Å². The molecule has 1 aromatic rings. The van der Waals surface area contributed by atoms with Crippen LogP contribution in [-0.2, 0) is 14.9 Å². The van der Waals surface area contributed by atoms with Crippen molar-refractivity contribution in [3.63, 3.8) is 0 Å². The molecule has 86 valence electrons. The van der Waals surface area contributed by atoms with Gasteiger partial charge in [-0.05, 0) is 18.4 Å². The number of hydrogen-bond donors (Lipinski definition) is 0. The van der Waals surface area contributed by atoms with Gasteiger partial charge in [-0.1, -0.05) is 44.2 Å². The van der Waals surface area contributed by atoms with Crippen molar-refractivity contribution < 1.29 is 9.53 Å². The molecule has 2 atom stereocenters. The van der Waals surface area contributed by atoms with Crippen LogP contribution in [-0.4, -0.2) is 12.6 Å². The lowest BCUT2D eigenvalue weighted by Gasteiger charge is -2.29. The summed E-state index contributed by atoms with van der Waals surface area (Å²) in [7, 11) is 0. The molecule has 1 fully saturated rings. The summed E-state index contributed by atoms with van der Waals surface area (Å²) in [6, 6.07) is 9.95. The van der Waals surface area contributed by atoms with Crippen molar-refractivity contribution in [3.8, 4) is 0 Å². The zero-order chi connectivity index (χ0) is 11.8. The SMILES string of the molecule is CC(C)C1COC(=O)C1(C)c1ccccc1. The molecule has 0 aliphatic carbocycles. The van der Waals surface area contributed by atoms with Crippen LogP contribution in [0, 0.1) is 11.8 Å². The first-order valence-electron chi connectivity index (χ1n) is 5.79. The zero-order valence-electron chi connectivity index (χ0n) is 10.1. The van der Waals surface area contributed by atoms with Crippen LogP contribution in [0.5, 0.6) is 0 Å². The lowest BCUT2D eigenvalue weighted by molar-refractivity contribution is -0.142. The van der Waals surface area contributed by atoms with Gasteiger partial charge >= 0.3 is 5.97 Å². The van der Waals surface area contributed by atoms with Crippen molar-refractivity contribution in [1.29, 1.82) is 0 Å². The van der Waals surface area contributed by atoms with Gasteiger partial charge in [0, 0.05) is 5.92 Å². The van der Waals surface area contributed by atoms with E-state index in [1.807, 2.05) is 37.3 Å². The molecule has 0 N–H and O–H groups in total. The number of cyclic esters (lactones) is 1. The number of carbonyl (C=O) groups is 1. The number of benzene rings is 1. The van der Waals surface area contributed by atoms with Crippen molar-refractivity contribution in [3.05, 3.63) is 35.9 Å². The van der Waals surface area contributed by atoms with Gasteiger partial charge in [0.2, 0.25) is 0 Å². The third-order valence-electron chi connectivity index (χ3n) is 3.74. The summed E-state index contributed by atoms with van der Waals surface area (Å²) < 4.78 is 5.26. The van der Waals surface area contributed by atoms with E-state index in [1.54, 1.807) is 0 Å². The zero-order valence-corrected chi connectivity index (χ0v) is 10.1. The number of ether oxygens (including phenoxy) is 1. The molecule has 2 rings (SSSR count). The molecule has 2 unspecified atom stereocenters. The number of carbonyl (C=O) groups excluding carboxylic acids is 1. The van der Waals surface area contributed by atoms with Crippen LogP contribution in [0.15, 0.2) is 30.3 Å². The molecule has 0 spiro atoms. The Morgan fingerprint density at radius 2 is 1.94 bits per heavy atom. The molecule has 1 aliphatic rings. The molecule has 1 saturated heterocycles. The largest absolute Gasteiger partial charge is 0.465 e. The summed E-state index contributed by atoms with van der Waals surface area (Å²) >= 11 is 0. The molecule has 0 radical (unpaired) electrons. The Labute approximate surface area is 96.6 Å². The van der Waals surface area contributed by atoms with Crippen LogP contribution >= 0.6 is 0 Å². The number of rotatable bonds is 2. The highest BCUT2D eigenvalue weighted by Gasteiger charge is 2.50. The molecule has 0 aromatic heterocycles. The first-order valence-corrected chi connectivity index (χ1v) is 5.79. The van der Waals surface area contributed by atoms with Gasteiger partial charge in [0.1, 0.15) is 0 Å². The van der Waals surface area contributed by atoms with Crippen LogP contribution in [0.25, 0.3) is 0 Å². The van der Waals surface area contributed by atoms with Crippen molar-refractivity contribution in [2.24, 2.45) is 11.8 Å². The van der Waals surface area contributed by atoms with Crippen molar-refractivity contribution in [2.75, 3.05) is 6.61 Å². The molecular formula is C14H18O2. The Balaban J connectivity index is 2.45. The molecular weight excluding hydrogens is 200 g/mol. The van der Waals surface area contributed by atoms with E-state index >= 15 is 0 Å². The fraction of sp³-hybridized carbons (Fsp3) is 0.500. The smallest absolute Gasteiger partial charge is 0.316 e. The third kappa shape index (κ3) is 1.53. The van der Waals surface area contributed by atoms with E-state index in [1.165, 1.54) is 0 Å². The van der Waals surface area contributed by atoms with E-state index < -0.39 is 5.41 Å². The van der Waals surface area contributed by atoms with Crippen molar-refractivity contribution >= 4 is 5.97 Å². The minimum atomic E-state index is -0.477. The highest BCUT2D eigenvalue weighted by Crippen LogP contribution is 2.42. The van der Waals surface area contributed by atoms with Gasteiger partial charge < -0.3 is 4.74 Å². The average Bonchev–Trinajstić information content (AvgIpc) is 2.58. The first kappa shape index (κ1) is 11.2. The minimum Gasteiger partial charge on any atom is -0.465 e. The van der Waals surface area contributed by atoms with E-state index in [0.717, 1.165) is 5.56 Å². The molecule has 1 aliphatic heterocycles. The summed E-state index contributed by atoms with van der Waals surface area (Å²) in [5.74, 6) is 0.622. The number of esters is 1. The third-order valence-corrected chi connectivity index (χ3v) is 3.74. The highest BCUT2D eigenvalue weighted by molar-refractivity contribution is 5.85. The molecule has 1 aromatic carbocycles. The Hall–Kier alpha value is -1.31. The van der Waals surface area contributed by atoms with Gasteiger partial charge in [-0.2, -0.15) is 0 Å². The van der Waals surface area contributed by atoms with Crippen LogP contribution in [0.3, 0.4) is 0 Å². The lowest BCUT2D eigenvalue weighted by atomic mass is 9.69. The fourth-order valence-corrected chi connectivity index (χ4v) is 2.61. The second-order valence-electron chi connectivity index (χ2n) is 5.02. The molecule has 0 saturated carbocycles. The molecule has 16 heavy (non-hydrogen) atoms. The maximum Gasteiger partial charge on any atom is 0.316 e. The highest BCUT2D eigenvalue weighted by atomic mass is 16.5. The van der Waals surface area contributed by atoms with Crippen LogP contribution in [0.1, 0.15) is 26.3 Å². The monoisotopic (exact) mass is 218 g/mol. The summed E-state index contributed by atoms with van der Waals surface area (Å²) in [5, 5.41) is 0. The predicted molar refractivity (Wildman–Crippen MR) is 63.1 cm³/mol. The van der Waals surface area contributed by atoms with Crippen LogP contribution in [0.4, 0.5) is 0 Å². The van der Waals surface area contributed by atoms with Crippen molar-refractivity contribution in [1.82, 2.24) is 0 Å². The number of hydrogen-bond acceptors (Lipinski definition) is 2. The Bertz CT molecular complexity index is 383. The Morgan fingerprint density at radius 1 is 1.31 bits per heavy atom. The van der Waals surface area contributed by atoms with Gasteiger partial charge in [0.05, 0.1) is 12.0 Å². The molecule has 0 amide bonds. The predicted octanol–water partition coefficient (Wildman–Crippen LogP) is 2.77. The van der Waals surface area contributed by atoms with Crippen LogP contribution < -0.4 is 0 Å². The van der Waals surface area contributed by atoms with Gasteiger partial charge in [-0.3, -0.25) is 4.79 Å². The van der Waals surface area contributed by atoms with E-state index in [2.05, 4.69) is 13.8 Å². The maximum absolute atomic E-state index is 12.0. The van der Waals surface area contributed by atoms with E-state index in [4.69, 9.17) is 4.74 Å². The van der Waals surface area contributed by atoms with E-state index in [0.29, 0.717) is 12.5 Å². The van der Waals surface area contributed by atoms with Gasteiger partial charge in [0.25, 0.3) is 0 Å². The summed E-state index contributed by atoms with van der Waals surface area (Å²) in [5.41, 5.74) is 0.589. The molecule has 0 bridgehead atoms. The molecule has 1 heterocycles. The summed E-state index contributed by atoms with van der Waals surface area (Å²) in [4.78, 5) is 12.0. The molecule has 2 heteroatoms. The van der Waals surface area contributed by atoms with E-state index in [9.17, 15) is 4.79 Å². The van der Waals surface area contributed by atoms with Gasteiger partial charge in [-0.15, -0.1) is 0 Å². The second-order valence-corrected chi connectivity index (χ2v) is 5.02. The van der Waals surface area contributed by atoms with Gasteiger partial charge in [0.15, 0.2) is 0 Å². The minimum absolute atomic E-state index is 0.0857. The van der Waals surface area contributed by atoms with Crippen LogP contribution in [0.2, 0.25) is 0 Å². The fourth-order valence-electron chi connectivity index (χ4n) is 2.61. The van der Waals surface area contributed by atoms with E-state index in [-0.39, 0.29) is 11.9 Å². The quantitative estimate of drug-likeness (QED) is 0.713. The average molecular weight is 218 g/mol. The van der Waals surface area contributed by atoms with Crippen molar-refractivity contribution in [2.45, 2.75) is 26.2 Å². The molecule has 2 nitrogen and oxygen atoms in total. The topological polar surface area (TPSA) is 26.3 Å². The summed E-state index contributed by atoms with van der Waals surface area (Å²) in [6.07, 6.45) is 0.